The first-order valence-electron chi connectivity index (χ1n) is 7.63. The Kier molecular flexibility index (Phi) is 5.38. The second-order valence-electron chi connectivity index (χ2n) is 6.21. The fourth-order valence-electron chi connectivity index (χ4n) is 2.69. The number of benzene rings is 1. The summed E-state index contributed by atoms with van der Waals surface area (Å²) < 4.78 is 10.9. The molecule has 1 aromatic rings. The van der Waals surface area contributed by atoms with Crippen molar-refractivity contribution in [1.29, 1.82) is 0 Å². The predicted octanol–water partition coefficient (Wildman–Crippen LogP) is 2.10. The molecule has 6 nitrogen and oxygen atoms in total. The largest absolute Gasteiger partial charge is 0.444 e. The third-order valence-electron chi connectivity index (χ3n) is 3.86. The summed E-state index contributed by atoms with van der Waals surface area (Å²) >= 11 is 0. The number of aliphatic hydroxyl groups excluding tert-OH is 1. The Morgan fingerprint density at radius 2 is 2.04 bits per heavy atom. The minimum atomic E-state index is -0.974. The molecule has 0 aromatic heterocycles. The van der Waals surface area contributed by atoms with E-state index in [1.54, 1.807) is 13.8 Å². The van der Waals surface area contributed by atoms with Gasteiger partial charge in [0.1, 0.15) is 18.1 Å². The lowest BCUT2D eigenvalue weighted by molar-refractivity contribution is -0.119. The van der Waals surface area contributed by atoms with E-state index in [4.69, 9.17) is 9.47 Å². The fourth-order valence-corrected chi connectivity index (χ4v) is 2.69. The summed E-state index contributed by atoms with van der Waals surface area (Å²) in [6, 6.07) is 8.74. The number of rotatable bonds is 5. The Hall–Kier alpha value is -1.92. The Balaban J connectivity index is 2.05. The highest BCUT2D eigenvalue weighted by Crippen LogP contribution is 2.30. The van der Waals surface area contributed by atoms with Gasteiger partial charge in [0.15, 0.2) is 0 Å². The Morgan fingerprint density at radius 3 is 2.65 bits per heavy atom. The standard InChI is InChI=1S/C17H23NO5/c1-12(19)9-15(20)14-11-23-17(2,3)18(14)16(21)22-10-13-7-5-4-6-8-13/h4-8,14-15,20H,9-11H2,1-3H3/t14-,15+/m0/s1. The molecule has 0 aliphatic carbocycles. The molecular weight excluding hydrogens is 298 g/mol. The molecule has 126 valence electrons. The quantitative estimate of drug-likeness (QED) is 0.899. The van der Waals surface area contributed by atoms with Crippen LogP contribution in [0.3, 0.4) is 0 Å². The number of carbonyl (C=O) groups is 2. The Morgan fingerprint density at radius 1 is 1.39 bits per heavy atom. The van der Waals surface area contributed by atoms with Crippen molar-refractivity contribution in [2.45, 2.75) is 51.7 Å². The van der Waals surface area contributed by atoms with Gasteiger partial charge in [-0.2, -0.15) is 0 Å². The molecule has 1 amide bonds. The first kappa shape index (κ1) is 17.4. The van der Waals surface area contributed by atoms with Crippen LogP contribution in [0, 0.1) is 0 Å². The summed E-state index contributed by atoms with van der Waals surface area (Å²) in [5.41, 5.74) is -0.0180. The van der Waals surface area contributed by atoms with Crippen molar-refractivity contribution < 1.29 is 24.2 Å². The van der Waals surface area contributed by atoms with E-state index in [1.165, 1.54) is 11.8 Å². The number of carbonyl (C=O) groups excluding carboxylic acids is 2. The molecule has 6 heteroatoms. The van der Waals surface area contributed by atoms with E-state index in [9.17, 15) is 14.7 Å². The van der Waals surface area contributed by atoms with Gasteiger partial charge in [-0.15, -0.1) is 0 Å². The summed E-state index contributed by atoms with van der Waals surface area (Å²) in [5.74, 6) is -0.139. The molecule has 0 radical (unpaired) electrons. The molecule has 2 atom stereocenters. The van der Waals surface area contributed by atoms with E-state index in [1.807, 2.05) is 30.3 Å². The zero-order valence-corrected chi connectivity index (χ0v) is 13.7. The predicted molar refractivity (Wildman–Crippen MR) is 83.6 cm³/mol. The summed E-state index contributed by atoms with van der Waals surface area (Å²) in [5, 5.41) is 10.2. The molecular formula is C17H23NO5. The molecule has 1 N–H and O–H groups in total. The summed E-state index contributed by atoms with van der Waals surface area (Å²) in [4.78, 5) is 25.1. The zero-order valence-electron chi connectivity index (χ0n) is 13.7. The maximum atomic E-state index is 12.5. The number of ketones is 1. The van der Waals surface area contributed by atoms with Gasteiger partial charge in [-0.25, -0.2) is 4.79 Å². The lowest BCUT2D eigenvalue weighted by atomic mass is 10.0. The van der Waals surface area contributed by atoms with Crippen LogP contribution in [0.5, 0.6) is 0 Å². The number of hydrogen-bond acceptors (Lipinski definition) is 5. The maximum absolute atomic E-state index is 12.5. The van der Waals surface area contributed by atoms with Crippen LogP contribution in [0.1, 0.15) is 32.8 Å². The lowest BCUT2D eigenvalue weighted by Gasteiger charge is -2.34. The van der Waals surface area contributed by atoms with Gasteiger partial charge in [-0.1, -0.05) is 30.3 Å². The fraction of sp³-hybridized carbons (Fsp3) is 0.529. The van der Waals surface area contributed by atoms with E-state index in [2.05, 4.69) is 0 Å². The van der Waals surface area contributed by atoms with Crippen molar-refractivity contribution in [3.05, 3.63) is 35.9 Å². The Labute approximate surface area is 136 Å². The molecule has 0 bridgehead atoms. The van der Waals surface area contributed by atoms with E-state index in [0.717, 1.165) is 5.56 Å². The van der Waals surface area contributed by atoms with Crippen LogP contribution < -0.4 is 0 Å². The molecule has 1 saturated heterocycles. The normalized spacial score (nSPS) is 21.0. The molecule has 1 aromatic carbocycles. The minimum absolute atomic E-state index is 0.0213. The van der Waals surface area contributed by atoms with Crippen molar-refractivity contribution in [3.8, 4) is 0 Å². The summed E-state index contributed by atoms with van der Waals surface area (Å²) in [7, 11) is 0. The van der Waals surface area contributed by atoms with Gasteiger partial charge in [-0.3, -0.25) is 9.69 Å². The molecule has 1 heterocycles. The first-order chi connectivity index (χ1) is 10.8. The van der Waals surface area contributed by atoms with Gasteiger partial charge in [0.05, 0.1) is 18.8 Å². The van der Waals surface area contributed by atoms with Crippen molar-refractivity contribution >= 4 is 11.9 Å². The SMILES string of the molecule is CC(=O)C[C@@H](O)[C@@H]1COC(C)(C)N1C(=O)OCc1ccccc1. The van der Waals surface area contributed by atoms with Crippen LogP contribution in [0.25, 0.3) is 0 Å². The maximum Gasteiger partial charge on any atom is 0.412 e. The van der Waals surface area contributed by atoms with Gasteiger partial charge in [0.25, 0.3) is 0 Å². The third kappa shape index (κ3) is 4.30. The van der Waals surface area contributed by atoms with Crippen LogP contribution in [-0.2, 0) is 20.9 Å². The highest BCUT2D eigenvalue weighted by atomic mass is 16.6. The number of hydrogen-bond donors (Lipinski definition) is 1. The molecule has 1 aliphatic heterocycles. The highest BCUT2D eigenvalue weighted by Gasteiger charge is 2.47. The second-order valence-corrected chi connectivity index (χ2v) is 6.21. The van der Waals surface area contributed by atoms with Crippen molar-refractivity contribution in [3.63, 3.8) is 0 Å². The minimum Gasteiger partial charge on any atom is -0.444 e. The van der Waals surface area contributed by atoms with Crippen LogP contribution in [0.15, 0.2) is 30.3 Å². The smallest absolute Gasteiger partial charge is 0.412 e. The zero-order chi connectivity index (χ0) is 17.0. The monoisotopic (exact) mass is 321 g/mol. The van der Waals surface area contributed by atoms with Crippen LogP contribution in [0.2, 0.25) is 0 Å². The van der Waals surface area contributed by atoms with Crippen molar-refractivity contribution in [2.24, 2.45) is 0 Å². The average molecular weight is 321 g/mol. The number of nitrogens with zero attached hydrogens (tertiary/aromatic N) is 1. The van der Waals surface area contributed by atoms with Crippen LogP contribution in [0.4, 0.5) is 4.79 Å². The van der Waals surface area contributed by atoms with E-state index < -0.39 is 24.0 Å². The number of aliphatic hydroxyl groups is 1. The van der Waals surface area contributed by atoms with E-state index >= 15 is 0 Å². The number of amides is 1. The van der Waals surface area contributed by atoms with Gasteiger partial charge in [0.2, 0.25) is 0 Å². The summed E-state index contributed by atoms with van der Waals surface area (Å²) in [6.45, 7) is 5.18. The van der Waals surface area contributed by atoms with Gasteiger partial charge < -0.3 is 14.6 Å². The highest BCUT2D eigenvalue weighted by molar-refractivity contribution is 5.76. The molecule has 0 spiro atoms. The van der Waals surface area contributed by atoms with Crippen molar-refractivity contribution in [1.82, 2.24) is 4.90 Å². The molecule has 0 saturated carbocycles. The third-order valence-corrected chi connectivity index (χ3v) is 3.86. The summed E-state index contributed by atoms with van der Waals surface area (Å²) in [6.07, 6.45) is -1.56. The lowest BCUT2D eigenvalue weighted by Crippen LogP contribution is -2.52. The number of Topliss-reactive ketones (excluding diaryl/α,β-unsaturated/α-hetero) is 1. The van der Waals surface area contributed by atoms with E-state index in [-0.39, 0.29) is 25.4 Å². The molecule has 2 rings (SSSR count). The molecule has 23 heavy (non-hydrogen) atoms. The molecule has 1 aliphatic rings. The topological polar surface area (TPSA) is 76.1 Å². The number of ether oxygens (including phenoxy) is 2. The molecule has 0 unspecified atom stereocenters. The molecule has 1 fully saturated rings. The second kappa shape index (κ2) is 7.10. The Bertz CT molecular complexity index is 557. The van der Waals surface area contributed by atoms with Gasteiger partial charge in [-0.05, 0) is 26.3 Å². The van der Waals surface area contributed by atoms with Crippen molar-refractivity contribution in [2.75, 3.05) is 6.61 Å². The van der Waals surface area contributed by atoms with Crippen LogP contribution >= 0.6 is 0 Å². The van der Waals surface area contributed by atoms with Gasteiger partial charge >= 0.3 is 6.09 Å². The van der Waals surface area contributed by atoms with Gasteiger partial charge in [0, 0.05) is 6.42 Å². The average Bonchev–Trinajstić information content (AvgIpc) is 2.81. The van der Waals surface area contributed by atoms with Crippen LogP contribution in [-0.4, -0.2) is 46.4 Å². The van der Waals surface area contributed by atoms with E-state index in [0.29, 0.717) is 0 Å². The first-order valence-corrected chi connectivity index (χ1v) is 7.63.